The Labute approximate surface area is 196 Å². The summed E-state index contributed by atoms with van der Waals surface area (Å²) in [5.41, 5.74) is 5.82. The highest BCUT2D eigenvalue weighted by molar-refractivity contribution is 6.21. The van der Waals surface area contributed by atoms with E-state index in [1.165, 1.54) is 0 Å². The van der Waals surface area contributed by atoms with Crippen molar-refractivity contribution in [2.24, 2.45) is 0 Å². The SMILES string of the molecule is O=C(O)Cc1ccc(-c2c3ccccc3c(-c3ccc(CC(=O)O)cc3)c3ccccc23)cc1. The van der Waals surface area contributed by atoms with Crippen LogP contribution in [0.5, 0.6) is 0 Å². The molecule has 0 atom stereocenters. The molecule has 0 aromatic heterocycles. The minimum absolute atomic E-state index is 0.00140. The van der Waals surface area contributed by atoms with E-state index < -0.39 is 11.9 Å². The third-order valence-corrected chi connectivity index (χ3v) is 6.13. The van der Waals surface area contributed by atoms with Gasteiger partial charge in [-0.1, -0.05) is 97.1 Å². The molecule has 0 spiro atoms. The summed E-state index contributed by atoms with van der Waals surface area (Å²) >= 11 is 0. The molecule has 0 amide bonds. The largest absolute Gasteiger partial charge is 0.481 e. The molecule has 4 heteroatoms. The first-order valence-corrected chi connectivity index (χ1v) is 11.1. The Hall–Kier alpha value is -4.44. The lowest BCUT2D eigenvalue weighted by molar-refractivity contribution is -0.137. The summed E-state index contributed by atoms with van der Waals surface area (Å²) in [7, 11) is 0. The van der Waals surface area contributed by atoms with Gasteiger partial charge in [0.2, 0.25) is 0 Å². The van der Waals surface area contributed by atoms with Crippen LogP contribution in [0.1, 0.15) is 11.1 Å². The van der Waals surface area contributed by atoms with Crippen LogP contribution >= 0.6 is 0 Å². The summed E-state index contributed by atoms with van der Waals surface area (Å²) in [6, 6.07) is 32.1. The quantitative estimate of drug-likeness (QED) is 0.289. The summed E-state index contributed by atoms with van der Waals surface area (Å²) < 4.78 is 0. The molecule has 0 heterocycles. The number of carboxylic acids is 2. The molecule has 5 rings (SSSR count). The average molecular weight is 447 g/mol. The highest BCUT2D eigenvalue weighted by Gasteiger charge is 2.16. The van der Waals surface area contributed by atoms with Crippen LogP contribution in [0.15, 0.2) is 97.1 Å². The normalized spacial score (nSPS) is 11.1. The Morgan fingerprint density at radius 1 is 0.471 bits per heavy atom. The Morgan fingerprint density at radius 2 is 0.765 bits per heavy atom. The molecule has 4 nitrogen and oxygen atoms in total. The van der Waals surface area contributed by atoms with Crippen LogP contribution in [0.4, 0.5) is 0 Å². The molecule has 0 unspecified atom stereocenters. The second-order valence-electron chi connectivity index (χ2n) is 8.38. The summed E-state index contributed by atoms with van der Waals surface area (Å²) in [5, 5.41) is 22.6. The number of benzene rings is 5. The van der Waals surface area contributed by atoms with E-state index >= 15 is 0 Å². The minimum Gasteiger partial charge on any atom is -0.481 e. The molecular weight excluding hydrogens is 424 g/mol. The number of carbonyl (C=O) groups is 2. The van der Waals surface area contributed by atoms with Crippen LogP contribution in [0.25, 0.3) is 43.8 Å². The number of aliphatic carboxylic acids is 2. The molecule has 5 aromatic rings. The molecule has 0 saturated carbocycles. The van der Waals surface area contributed by atoms with E-state index in [2.05, 4.69) is 24.3 Å². The van der Waals surface area contributed by atoms with Gasteiger partial charge < -0.3 is 10.2 Å². The van der Waals surface area contributed by atoms with Crippen molar-refractivity contribution in [3.63, 3.8) is 0 Å². The zero-order valence-electron chi connectivity index (χ0n) is 18.4. The third-order valence-electron chi connectivity index (χ3n) is 6.13. The summed E-state index contributed by atoms with van der Waals surface area (Å²) in [4.78, 5) is 22.2. The fourth-order valence-electron chi connectivity index (χ4n) is 4.68. The van der Waals surface area contributed by atoms with Crippen molar-refractivity contribution in [1.82, 2.24) is 0 Å². The lowest BCUT2D eigenvalue weighted by Crippen LogP contribution is -2.00. The molecule has 166 valence electrons. The number of hydrogen-bond acceptors (Lipinski definition) is 2. The van der Waals surface area contributed by atoms with Gasteiger partial charge in [0, 0.05) is 0 Å². The van der Waals surface area contributed by atoms with E-state index in [9.17, 15) is 9.59 Å². The van der Waals surface area contributed by atoms with Crippen molar-refractivity contribution in [2.75, 3.05) is 0 Å². The monoisotopic (exact) mass is 446 g/mol. The number of rotatable bonds is 6. The van der Waals surface area contributed by atoms with Gasteiger partial charge in [-0.25, -0.2) is 0 Å². The predicted octanol–water partition coefficient (Wildman–Crippen LogP) is 6.58. The van der Waals surface area contributed by atoms with Gasteiger partial charge in [0.25, 0.3) is 0 Å². The van der Waals surface area contributed by atoms with E-state index in [4.69, 9.17) is 10.2 Å². The van der Waals surface area contributed by atoms with Crippen molar-refractivity contribution in [2.45, 2.75) is 12.8 Å². The van der Waals surface area contributed by atoms with Crippen LogP contribution < -0.4 is 0 Å². The van der Waals surface area contributed by atoms with Gasteiger partial charge in [0.1, 0.15) is 0 Å². The summed E-state index contributed by atoms with van der Waals surface area (Å²) in [5.74, 6) is -1.69. The maximum atomic E-state index is 11.1. The fraction of sp³-hybridized carbons (Fsp3) is 0.0667. The van der Waals surface area contributed by atoms with Crippen LogP contribution in [-0.4, -0.2) is 22.2 Å². The Balaban J connectivity index is 1.75. The van der Waals surface area contributed by atoms with Crippen molar-refractivity contribution < 1.29 is 19.8 Å². The fourth-order valence-corrected chi connectivity index (χ4v) is 4.68. The first-order valence-electron chi connectivity index (χ1n) is 11.1. The van der Waals surface area contributed by atoms with Crippen LogP contribution in [0, 0.1) is 0 Å². The lowest BCUT2D eigenvalue weighted by atomic mass is 9.85. The average Bonchev–Trinajstić information content (AvgIpc) is 2.83. The van der Waals surface area contributed by atoms with Gasteiger partial charge in [-0.3, -0.25) is 9.59 Å². The maximum Gasteiger partial charge on any atom is 0.307 e. The van der Waals surface area contributed by atoms with Crippen molar-refractivity contribution in [1.29, 1.82) is 0 Å². The lowest BCUT2D eigenvalue weighted by Gasteiger charge is -2.18. The highest BCUT2D eigenvalue weighted by Crippen LogP contribution is 2.43. The maximum absolute atomic E-state index is 11.1. The molecule has 0 saturated heterocycles. The van der Waals surface area contributed by atoms with Crippen LogP contribution in [-0.2, 0) is 22.4 Å². The van der Waals surface area contributed by atoms with E-state index in [1.807, 2.05) is 72.8 Å². The molecule has 34 heavy (non-hydrogen) atoms. The molecule has 0 radical (unpaired) electrons. The topological polar surface area (TPSA) is 74.6 Å². The second-order valence-corrected chi connectivity index (χ2v) is 8.38. The van der Waals surface area contributed by atoms with Crippen LogP contribution in [0.3, 0.4) is 0 Å². The third kappa shape index (κ3) is 4.02. The molecule has 0 aliphatic rings. The zero-order valence-corrected chi connectivity index (χ0v) is 18.4. The molecule has 0 bridgehead atoms. The molecule has 0 aliphatic heterocycles. The number of fused-ring (bicyclic) bond motifs is 2. The first-order chi connectivity index (χ1) is 16.5. The number of carboxylic acid groups (broad SMARTS) is 2. The molecular formula is C30H22O4. The molecule has 2 N–H and O–H groups in total. The van der Waals surface area contributed by atoms with E-state index in [1.54, 1.807) is 0 Å². The number of hydrogen-bond donors (Lipinski definition) is 2. The van der Waals surface area contributed by atoms with E-state index in [-0.39, 0.29) is 12.8 Å². The first kappa shape index (κ1) is 21.4. The Kier molecular flexibility index (Phi) is 5.56. The summed E-state index contributed by atoms with van der Waals surface area (Å²) in [6.07, 6.45) is -0.00280. The van der Waals surface area contributed by atoms with Crippen LogP contribution in [0.2, 0.25) is 0 Å². The predicted molar refractivity (Wildman–Crippen MR) is 135 cm³/mol. The zero-order chi connectivity index (χ0) is 23.7. The van der Waals surface area contributed by atoms with Gasteiger partial charge in [-0.15, -0.1) is 0 Å². The molecule has 5 aromatic carbocycles. The van der Waals surface area contributed by atoms with Gasteiger partial charge in [0.05, 0.1) is 12.8 Å². The van der Waals surface area contributed by atoms with Gasteiger partial charge in [-0.05, 0) is 54.9 Å². The minimum atomic E-state index is -0.845. The molecule has 0 fully saturated rings. The Bertz CT molecular complexity index is 1360. The Morgan fingerprint density at radius 3 is 1.03 bits per heavy atom. The van der Waals surface area contributed by atoms with E-state index in [0.29, 0.717) is 0 Å². The van der Waals surface area contributed by atoms with Crippen molar-refractivity contribution >= 4 is 33.5 Å². The van der Waals surface area contributed by atoms with E-state index in [0.717, 1.165) is 54.9 Å². The van der Waals surface area contributed by atoms with Gasteiger partial charge >= 0.3 is 11.9 Å². The molecule has 0 aliphatic carbocycles. The van der Waals surface area contributed by atoms with Gasteiger partial charge in [-0.2, -0.15) is 0 Å². The smallest absolute Gasteiger partial charge is 0.307 e. The van der Waals surface area contributed by atoms with Crippen molar-refractivity contribution in [3.05, 3.63) is 108 Å². The highest BCUT2D eigenvalue weighted by atomic mass is 16.4. The van der Waals surface area contributed by atoms with Crippen molar-refractivity contribution in [3.8, 4) is 22.3 Å². The van der Waals surface area contributed by atoms with Gasteiger partial charge in [0.15, 0.2) is 0 Å². The standard InChI is InChI=1S/C30H22O4/c31-27(32)17-19-9-13-21(14-10-19)29-23-5-1-2-6-24(23)30(26-8-4-3-7-25(26)29)22-15-11-20(12-16-22)18-28(33)34/h1-16H,17-18H2,(H,31,32)(H,33,34). The second kappa shape index (κ2) is 8.83. The summed E-state index contributed by atoms with van der Waals surface area (Å²) in [6.45, 7) is 0.